The van der Waals surface area contributed by atoms with E-state index in [2.05, 4.69) is 89.9 Å². The number of aromatic nitrogens is 1. The molecule has 1 aromatic heterocycles. The Hall–Kier alpha value is -3.06. The summed E-state index contributed by atoms with van der Waals surface area (Å²) in [6.07, 6.45) is 0. The first-order valence-corrected chi connectivity index (χ1v) is 7.89. The van der Waals surface area contributed by atoms with Crippen molar-refractivity contribution in [2.75, 3.05) is 0 Å². The molecule has 23 heavy (non-hydrogen) atoms. The highest BCUT2D eigenvalue weighted by molar-refractivity contribution is 6.17. The number of fused-ring (bicyclic) bond motifs is 4. The van der Waals surface area contributed by atoms with Crippen molar-refractivity contribution in [2.24, 2.45) is 0 Å². The highest BCUT2D eigenvalue weighted by Crippen LogP contribution is 2.36. The van der Waals surface area contributed by atoms with Gasteiger partial charge in [-0.2, -0.15) is 0 Å². The lowest BCUT2D eigenvalue weighted by molar-refractivity contribution is 1.55. The van der Waals surface area contributed by atoms with Crippen molar-refractivity contribution in [3.05, 3.63) is 84.9 Å². The minimum atomic E-state index is 1.19. The molecule has 1 N–H and O–H groups in total. The summed E-state index contributed by atoms with van der Waals surface area (Å²) in [5, 5.41) is 5.15. The molecular formula is C22H15N. The van der Waals surface area contributed by atoms with Crippen LogP contribution in [0.2, 0.25) is 0 Å². The molecule has 0 saturated heterocycles. The average molecular weight is 293 g/mol. The fraction of sp³-hybridized carbons (Fsp3) is 0. The maximum Gasteiger partial charge on any atom is 0.0471 e. The van der Waals surface area contributed by atoms with E-state index in [1.54, 1.807) is 0 Å². The van der Waals surface area contributed by atoms with Crippen molar-refractivity contribution in [1.82, 2.24) is 4.98 Å². The number of aromatic amines is 1. The average Bonchev–Trinajstić information content (AvgIpc) is 2.98. The number of H-pyrrole nitrogens is 1. The van der Waals surface area contributed by atoms with Gasteiger partial charge in [-0.1, -0.05) is 66.7 Å². The zero-order chi connectivity index (χ0) is 15.2. The monoisotopic (exact) mass is 293 g/mol. The molecule has 0 aliphatic heterocycles. The number of rotatable bonds is 1. The first kappa shape index (κ1) is 12.5. The molecule has 5 aromatic rings. The number of benzene rings is 4. The van der Waals surface area contributed by atoms with Crippen LogP contribution in [0.15, 0.2) is 84.9 Å². The maximum absolute atomic E-state index is 3.58. The Balaban J connectivity index is 1.95. The molecule has 108 valence electrons. The second-order valence-corrected chi connectivity index (χ2v) is 5.96. The standard InChI is InChI=1S/C22H15N/c1-2-7-15(8-3-1)18-11-6-12-20-22(18)19-13-16-9-4-5-10-17(16)14-21(19)23-20/h1-14,23H. The molecule has 1 heterocycles. The van der Waals surface area contributed by atoms with Gasteiger partial charge in [-0.05, 0) is 40.1 Å². The van der Waals surface area contributed by atoms with Gasteiger partial charge in [0.1, 0.15) is 0 Å². The Bertz CT molecular complexity index is 1150. The molecule has 0 spiro atoms. The minimum Gasteiger partial charge on any atom is -0.354 e. The van der Waals surface area contributed by atoms with Gasteiger partial charge in [0, 0.05) is 21.8 Å². The second kappa shape index (κ2) is 4.72. The van der Waals surface area contributed by atoms with Gasteiger partial charge >= 0.3 is 0 Å². The predicted molar refractivity (Wildman–Crippen MR) is 98.7 cm³/mol. The van der Waals surface area contributed by atoms with E-state index in [9.17, 15) is 0 Å². The number of hydrogen-bond donors (Lipinski definition) is 1. The van der Waals surface area contributed by atoms with Gasteiger partial charge in [-0.15, -0.1) is 0 Å². The number of nitrogens with one attached hydrogen (secondary N) is 1. The highest BCUT2D eigenvalue weighted by Gasteiger charge is 2.10. The van der Waals surface area contributed by atoms with Gasteiger partial charge in [-0.3, -0.25) is 0 Å². The molecule has 1 heteroatoms. The van der Waals surface area contributed by atoms with Gasteiger partial charge < -0.3 is 4.98 Å². The van der Waals surface area contributed by atoms with Crippen LogP contribution in [0.3, 0.4) is 0 Å². The third-order valence-corrected chi connectivity index (χ3v) is 4.57. The van der Waals surface area contributed by atoms with Crippen molar-refractivity contribution >= 4 is 32.6 Å². The van der Waals surface area contributed by atoms with Crippen LogP contribution >= 0.6 is 0 Å². The van der Waals surface area contributed by atoms with Crippen LogP contribution in [-0.4, -0.2) is 4.98 Å². The van der Waals surface area contributed by atoms with Crippen LogP contribution in [0.1, 0.15) is 0 Å². The summed E-state index contributed by atoms with van der Waals surface area (Å²) in [6.45, 7) is 0. The minimum absolute atomic E-state index is 1.19. The molecule has 0 atom stereocenters. The molecule has 5 rings (SSSR count). The molecule has 0 aliphatic carbocycles. The molecular weight excluding hydrogens is 278 g/mol. The topological polar surface area (TPSA) is 15.8 Å². The van der Waals surface area contributed by atoms with E-state index in [0.29, 0.717) is 0 Å². The third-order valence-electron chi connectivity index (χ3n) is 4.57. The van der Waals surface area contributed by atoms with Crippen LogP contribution in [-0.2, 0) is 0 Å². The van der Waals surface area contributed by atoms with E-state index in [0.717, 1.165) is 0 Å². The Morgan fingerprint density at radius 1 is 0.565 bits per heavy atom. The second-order valence-electron chi connectivity index (χ2n) is 5.96. The first-order chi connectivity index (χ1) is 11.4. The summed E-state index contributed by atoms with van der Waals surface area (Å²) in [7, 11) is 0. The van der Waals surface area contributed by atoms with Crippen molar-refractivity contribution in [3.63, 3.8) is 0 Å². The van der Waals surface area contributed by atoms with Crippen molar-refractivity contribution in [3.8, 4) is 11.1 Å². The molecule has 4 aromatic carbocycles. The van der Waals surface area contributed by atoms with E-state index in [-0.39, 0.29) is 0 Å². The molecule has 0 amide bonds. The Morgan fingerprint density at radius 3 is 2.13 bits per heavy atom. The summed E-state index contributed by atoms with van der Waals surface area (Å²) in [6, 6.07) is 30.2. The van der Waals surface area contributed by atoms with E-state index in [1.807, 2.05) is 0 Å². The lowest BCUT2D eigenvalue weighted by atomic mass is 9.98. The van der Waals surface area contributed by atoms with Crippen molar-refractivity contribution in [1.29, 1.82) is 0 Å². The van der Waals surface area contributed by atoms with E-state index in [4.69, 9.17) is 0 Å². The molecule has 0 radical (unpaired) electrons. The summed E-state index contributed by atoms with van der Waals surface area (Å²) in [4.78, 5) is 3.58. The normalized spacial score (nSPS) is 11.5. The summed E-state index contributed by atoms with van der Waals surface area (Å²) < 4.78 is 0. The van der Waals surface area contributed by atoms with Crippen LogP contribution < -0.4 is 0 Å². The highest BCUT2D eigenvalue weighted by atomic mass is 14.7. The van der Waals surface area contributed by atoms with Gasteiger partial charge in [0.05, 0.1) is 0 Å². The molecule has 1 nitrogen and oxygen atoms in total. The molecule has 0 bridgehead atoms. The quantitative estimate of drug-likeness (QED) is 0.382. The van der Waals surface area contributed by atoms with Crippen LogP contribution in [0.25, 0.3) is 43.7 Å². The molecule has 0 unspecified atom stereocenters. The van der Waals surface area contributed by atoms with Crippen LogP contribution in [0.4, 0.5) is 0 Å². The maximum atomic E-state index is 3.58. The smallest absolute Gasteiger partial charge is 0.0471 e. The summed E-state index contributed by atoms with van der Waals surface area (Å²) >= 11 is 0. The van der Waals surface area contributed by atoms with Crippen molar-refractivity contribution < 1.29 is 0 Å². The molecule has 0 fully saturated rings. The zero-order valence-electron chi connectivity index (χ0n) is 12.6. The molecule has 0 saturated carbocycles. The van der Waals surface area contributed by atoms with Gasteiger partial charge in [-0.25, -0.2) is 0 Å². The van der Waals surface area contributed by atoms with Crippen molar-refractivity contribution in [2.45, 2.75) is 0 Å². The SMILES string of the molecule is c1ccc(-c2cccc3[nH]c4cc5ccccc5cc4c23)cc1. The predicted octanol–water partition coefficient (Wildman–Crippen LogP) is 6.14. The Labute approximate surface area is 134 Å². The summed E-state index contributed by atoms with van der Waals surface area (Å²) in [5.41, 5.74) is 4.93. The van der Waals surface area contributed by atoms with E-state index < -0.39 is 0 Å². The molecule has 0 aliphatic rings. The fourth-order valence-corrected chi connectivity index (χ4v) is 3.50. The first-order valence-electron chi connectivity index (χ1n) is 7.89. The third kappa shape index (κ3) is 1.87. The lowest BCUT2D eigenvalue weighted by Crippen LogP contribution is -1.79. The van der Waals surface area contributed by atoms with Crippen LogP contribution in [0, 0.1) is 0 Å². The Kier molecular flexibility index (Phi) is 2.56. The van der Waals surface area contributed by atoms with E-state index in [1.165, 1.54) is 43.7 Å². The van der Waals surface area contributed by atoms with Gasteiger partial charge in [0.2, 0.25) is 0 Å². The van der Waals surface area contributed by atoms with Crippen LogP contribution in [0.5, 0.6) is 0 Å². The Morgan fingerprint density at radius 2 is 1.30 bits per heavy atom. The summed E-state index contributed by atoms with van der Waals surface area (Å²) in [5.74, 6) is 0. The van der Waals surface area contributed by atoms with Gasteiger partial charge in [0.15, 0.2) is 0 Å². The lowest BCUT2D eigenvalue weighted by Gasteiger charge is -2.04. The fourth-order valence-electron chi connectivity index (χ4n) is 3.50. The van der Waals surface area contributed by atoms with Gasteiger partial charge in [0.25, 0.3) is 0 Å². The zero-order valence-corrected chi connectivity index (χ0v) is 12.6. The number of hydrogen-bond acceptors (Lipinski definition) is 0. The van der Waals surface area contributed by atoms with E-state index >= 15 is 0 Å². The largest absolute Gasteiger partial charge is 0.354 e.